The lowest BCUT2D eigenvalue weighted by atomic mass is 10.1. The average molecular weight is 332 g/mol. The average Bonchev–Trinajstić information content (AvgIpc) is 2.69. The molecule has 6 heteroatoms. The van der Waals surface area contributed by atoms with Crippen LogP contribution in [0.2, 0.25) is 15.2 Å². The minimum Gasteiger partial charge on any atom is -0.298 e. The van der Waals surface area contributed by atoms with Gasteiger partial charge in [0.2, 0.25) is 0 Å². The van der Waals surface area contributed by atoms with E-state index in [1.807, 2.05) is 20.8 Å². The fraction of sp³-hybridized carbons (Fsp3) is 0.286. The van der Waals surface area contributed by atoms with Crippen molar-refractivity contribution >= 4 is 41.1 Å². The number of aldehydes is 1. The Kier molecular flexibility index (Phi) is 4.14. The zero-order valence-corrected chi connectivity index (χ0v) is 13.5. The number of carbonyl (C=O) groups is 1. The first-order valence-electron chi connectivity index (χ1n) is 5.95. The highest BCUT2D eigenvalue weighted by Gasteiger charge is 2.24. The van der Waals surface area contributed by atoms with Crippen LogP contribution in [0, 0.1) is 0 Å². The summed E-state index contributed by atoms with van der Waals surface area (Å²) in [6.45, 7) is 5.87. The van der Waals surface area contributed by atoms with Crippen LogP contribution in [0.25, 0.3) is 11.3 Å². The van der Waals surface area contributed by atoms with E-state index in [4.69, 9.17) is 34.8 Å². The molecule has 2 aromatic rings. The minimum absolute atomic E-state index is 0.313. The first kappa shape index (κ1) is 15.4. The second-order valence-corrected chi connectivity index (χ2v) is 6.55. The summed E-state index contributed by atoms with van der Waals surface area (Å²) in [7, 11) is 0. The van der Waals surface area contributed by atoms with E-state index in [1.54, 1.807) is 22.9 Å². The highest BCUT2D eigenvalue weighted by Crippen LogP contribution is 2.34. The van der Waals surface area contributed by atoms with Crippen molar-refractivity contribution in [2.24, 2.45) is 0 Å². The van der Waals surface area contributed by atoms with Gasteiger partial charge >= 0.3 is 0 Å². The Bertz CT molecular complexity index is 672. The third-order valence-electron chi connectivity index (χ3n) is 2.81. The largest absolute Gasteiger partial charge is 0.298 e. The molecule has 0 amide bonds. The monoisotopic (exact) mass is 330 g/mol. The third-order valence-corrected chi connectivity index (χ3v) is 3.91. The predicted molar refractivity (Wildman–Crippen MR) is 83.1 cm³/mol. The molecule has 0 radical (unpaired) electrons. The van der Waals surface area contributed by atoms with Crippen LogP contribution in [0.3, 0.4) is 0 Å². The van der Waals surface area contributed by atoms with Gasteiger partial charge in [0, 0.05) is 5.56 Å². The van der Waals surface area contributed by atoms with Gasteiger partial charge in [0.05, 0.1) is 21.1 Å². The molecule has 0 aliphatic carbocycles. The number of rotatable bonds is 2. The van der Waals surface area contributed by atoms with E-state index in [9.17, 15) is 4.79 Å². The number of nitrogens with zero attached hydrogens (tertiary/aromatic N) is 2. The molecule has 1 heterocycles. The van der Waals surface area contributed by atoms with Gasteiger partial charge < -0.3 is 0 Å². The summed E-state index contributed by atoms with van der Waals surface area (Å²) < 4.78 is 1.62. The maximum Gasteiger partial charge on any atom is 0.155 e. The van der Waals surface area contributed by atoms with E-state index in [2.05, 4.69) is 5.10 Å². The molecule has 0 spiro atoms. The van der Waals surface area contributed by atoms with Crippen LogP contribution in [0.1, 0.15) is 31.1 Å². The fourth-order valence-electron chi connectivity index (χ4n) is 1.82. The van der Waals surface area contributed by atoms with Gasteiger partial charge in [-0.2, -0.15) is 5.10 Å². The Balaban J connectivity index is 2.68. The van der Waals surface area contributed by atoms with Gasteiger partial charge in [-0.05, 0) is 32.9 Å². The van der Waals surface area contributed by atoms with Crippen LogP contribution in [0.4, 0.5) is 0 Å². The van der Waals surface area contributed by atoms with Crippen molar-refractivity contribution in [3.63, 3.8) is 0 Å². The molecule has 0 saturated heterocycles. The van der Waals surface area contributed by atoms with E-state index >= 15 is 0 Å². The molecular formula is C14H13Cl3N2O. The molecule has 20 heavy (non-hydrogen) atoms. The summed E-state index contributed by atoms with van der Waals surface area (Å²) in [6, 6.07) is 5.09. The Morgan fingerprint density at radius 3 is 2.30 bits per heavy atom. The van der Waals surface area contributed by atoms with Gasteiger partial charge in [-0.15, -0.1) is 0 Å². The van der Waals surface area contributed by atoms with E-state index < -0.39 is 0 Å². The van der Waals surface area contributed by atoms with Gasteiger partial charge in [-0.3, -0.25) is 4.79 Å². The van der Waals surface area contributed by atoms with Crippen molar-refractivity contribution in [3.05, 3.63) is 39.0 Å². The molecule has 0 unspecified atom stereocenters. The molecule has 0 atom stereocenters. The van der Waals surface area contributed by atoms with E-state index in [-0.39, 0.29) is 5.54 Å². The maximum absolute atomic E-state index is 11.3. The van der Waals surface area contributed by atoms with Crippen molar-refractivity contribution in [2.75, 3.05) is 0 Å². The molecule has 1 aromatic heterocycles. The van der Waals surface area contributed by atoms with Gasteiger partial charge in [-0.1, -0.05) is 40.9 Å². The summed E-state index contributed by atoms with van der Waals surface area (Å²) in [5, 5.41) is 5.61. The van der Waals surface area contributed by atoms with Crippen LogP contribution in [-0.4, -0.2) is 16.1 Å². The smallest absolute Gasteiger partial charge is 0.155 e. The second kappa shape index (κ2) is 5.40. The van der Waals surface area contributed by atoms with Crippen LogP contribution in [0.15, 0.2) is 18.2 Å². The highest BCUT2D eigenvalue weighted by molar-refractivity contribution is 6.42. The van der Waals surface area contributed by atoms with Crippen molar-refractivity contribution < 1.29 is 4.79 Å². The minimum atomic E-state index is -0.330. The molecule has 0 saturated carbocycles. The first-order valence-corrected chi connectivity index (χ1v) is 7.08. The Hall–Kier alpha value is -1.03. The Morgan fingerprint density at radius 1 is 1.15 bits per heavy atom. The molecular weight excluding hydrogens is 319 g/mol. The molecule has 3 nitrogen and oxygen atoms in total. The number of aromatic nitrogens is 2. The van der Waals surface area contributed by atoms with Gasteiger partial charge in [-0.25, -0.2) is 4.68 Å². The van der Waals surface area contributed by atoms with Crippen molar-refractivity contribution in [3.8, 4) is 11.3 Å². The van der Waals surface area contributed by atoms with Gasteiger partial charge in [0.25, 0.3) is 0 Å². The summed E-state index contributed by atoms with van der Waals surface area (Å²) in [5.74, 6) is 0. The quantitative estimate of drug-likeness (QED) is 0.719. The van der Waals surface area contributed by atoms with Crippen LogP contribution in [-0.2, 0) is 5.54 Å². The third kappa shape index (κ3) is 2.71. The lowest BCUT2D eigenvalue weighted by Gasteiger charge is -2.20. The predicted octanol–water partition coefficient (Wildman–Crippen LogP) is 5.08. The molecule has 2 rings (SSSR count). The Morgan fingerprint density at radius 2 is 1.80 bits per heavy atom. The number of carbonyl (C=O) groups excluding carboxylic acids is 1. The van der Waals surface area contributed by atoms with Crippen LogP contribution >= 0.6 is 34.8 Å². The lowest BCUT2D eigenvalue weighted by Crippen LogP contribution is -2.23. The zero-order valence-electron chi connectivity index (χ0n) is 11.2. The molecule has 1 aromatic carbocycles. The van der Waals surface area contributed by atoms with Crippen molar-refractivity contribution in [2.45, 2.75) is 26.3 Å². The summed E-state index contributed by atoms with van der Waals surface area (Å²) in [6.07, 6.45) is 0.704. The van der Waals surface area contributed by atoms with Gasteiger partial charge in [0.1, 0.15) is 10.8 Å². The molecule has 0 bridgehead atoms. The zero-order chi connectivity index (χ0) is 15.1. The van der Waals surface area contributed by atoms with Gasteiger partial charge in [0.15, 0.2) is 6.29 Å². The maximum atomic E-state index is 11.3. The van der Waals surface area contributed by atoms with Crippen molar-refractivity contribution in [1.29, 1.82) is 0 Å². The normalized spacial score (nSPS) is 11.7. The Labute approximate surface area is 132 Å². The standard InChI is InChI=1S/C14H13Cl3N2O/c1-14(2,3)19-13(17)9(7-20)12(18-19)8-4-5-10(15)11(16)6-8/h4-7H,1-3H3. The van der Waals surface area contributed by atoms with Crippen molar-refractivity contribution in [1.82, 2.24) is 9.78 Å². The molecule has 0 aliphatic heterocycles. The lowest BCUT2D eigenvalue weighted by molar-refractivity contribution is 0.112. The SMILES string of the molecule is CC(C)(C)n1nc(-c2ccc(Cl)c(Cl)c2)c(C=O)c1Cl. The molecule has 0 aliphatic rings. The highest BCUT2D eigenvalue weighted by atomic mass is 35.5. The summed E-state index contributed by atoms with van der Waals surface area (Å²) in [5.41, 5.74) is 1.22. The van der Waals surface area contributed by atoms with Crippen LogP contribution < -0.4 is 0 Å². The molecule has 0 fully saturated rings. The van der Waals surface area contributed by atoms with E-state index in [0.29, 0.717) is 38.3 Å². The van der Waals surface area contributed by atoms with Crippen LogP contribution in [0.5, 0.6) is 0 Å². The second-order valence-electron chi connectivity index (χ2n) is 5.38. The van der Waals surface area contributed by atoms with E-state index in [1.165, 1.54) is 0 Å². The fourth-order valence-corrected chi connectivity index (χ4v) is 2.54. The summed E-state index contributed by atoms with van der Waals surface area (Å²) >= 11 is 18.2. The number of hydrogen-bond acceptors (Lipinski definition) is 2. The van der Waals surface area contributed by atoms with E-state index in [0.717, 1.165) is 0 Å². The molecule has 0 N–H and O–H groups in total. The topological polar surface area (TPSA) is 34.9 Å². The molecule has 106 valence electrons. The number of benzene rings is 1. The first-order chi connectivity index (χ1) is 9.25. The number of halogens is 3. The number of hydrogen-bond donors (Lipinski definition) is 0. The summed E-state index contributed by atoms with van der Waals surface area (Å²) in [4.78, 5) is 11.3.